The third kappa shape index (κ3) is 4.55. The van der Waals surface area contributed by atoms with Gasteiger partial charge in [-0.05, 0) is 50.5 Å². The van der Waals surface area contributed by atoms with Gasteiger partial charge in [-0.25, -0.2) is 0 Å². The Balaban J connectivity index is 2.02. The molecule has 0 spiro atoms. The number of aryl methyl sites for hydroxylation is 1. The van der Waals surface area contributed by atoms with E-state index in [1.165, 1.54) is 12.8 Å². The molecule has 126 valence electrons. The fourth-order valence-corrected chi connectivity index (χ4v) is 2.77. The largest absolute Gasteiger partial charge is 0.349 e. The van der Waals surface area contributed by atoms with Crippen molar-refractivity contribution in [3.63, 3.8) is 0 Å². The summed E-state index contributed by atoms with van der Waals surface area (Å²) in [5.74, 6) is -0.409. The molecular weight excluding hydrogens is 290 g/mol. The number of rotatable bonds is 5. The number of amides is 2. The molecule has 4 N–H and O–H groups in total. The Bertz CT molecular complexity index is 578. The van der Waals surface area contributed by atoms with E-state index in [0.717, 1.165) is 24.1 Å². The van der Waals surface area contributed by atoms with Crippen molar-refractivity contribution in [2.24, 2.45) is 11.7 Å². The van der Waals surface area contributed by atoms with Crippen molar-refractivity contribution in [3.05, 3.63) is 29.3 Å². The van der Waals surface area contributed by atoms with Gasteiger partial charge >= 0.3 is 0 Å². The van der Waals surface area contributed by atoms with E-state index < -0.39 is 0 Å². The first-order valence-electron chi connectivity index (χ1n) is 8.36. The van der Waals surface area contributed by atoms with Crippen LogP contribution in [0.4, 0.5) is 5.69 Å². The highest BCUT2D eigenvalue weighted by atomic mass is 16.2. The molecule has 2 atom stereocenters. The van der Waals surface area contributed by atoms with Gasteiger partial charge in [-0.15, -0.1) is 0 Å². The summed E-state index contributed by atoms with van der Waals surface area (Å²) in [7, 11) is 0. The standard InChI is InChI=1S/C18H27N3O2/c1-11-10-14(18(23)20-15-6-4-5-7-15)8-9-16(11)21-17(22)12(2)13(3)19/h8-10,12-13,15H,4-7,19H2,1-3H3,(H,20,23)(H,21,22). The number of benzene rings is 1. The summed E-state index contributed by atoms with van der Waals surface area (Å²) in [4.78, 5) is 24.4. The van der Waals surface area contributed by atoms with Crippen molar-refractivity contribution in [2.75, 3.05) is 5.32 Å². The van der Waals surface area contributed by atoms with Crippen molar-refractivity contribution < 1.29 is 9.59 Å². The van der Waals surface area contributed by atoms with E-state index >= 15 is 0 Å². The molecular formula is C18H27N3O2. The van der Waals surface area contributed by atoms with Crippen molar-refractivity contribution >= 4 is 17.5 Å². The van der Waals surface area contributed by atoms with Crippen LogP contribution >= 0.6 is 0 Å². The zero-order valence-corrected chi connectivity index (χ0v) is 14.2. The molecule has 1 aromatic rings. The predicted molar refractivity (Wildman–Crippen MR) is 92.3 cm³/mol. The molecule has 23 heavy (non-hydrogen) atoms. The summed E-state index contributed by atoms with van der Waals surface area (Å²) in [6.07, 6.45) is 4.50. The Hall–Kier alpha value is -1.88. The fourth-order valence-electron chi connectivity index (χ4n) is 2.77. The third-order valence-corrected chi connectivity index (χ3v) is 4.64. The Morgan fingerprint density at radius 2 is 1.87 bits per heavy atom. The molecule has 5 heteroatoms. The van der Waals surface area contributed by atoms with Crippen LogP contribution in [-0.2, 0) is 4.79 Å². The summed E-state index contributed by atoms with van der Waals surface area (Å²) in [5.41, 5.74) is 7.98. The highest BCUT2D eigenvalue weighted by Crippen LogP contribution is 2.20. The van der Waals surface area contributed by atoms with E-state index in [9.17, 15) is 9.59 Å². The highest BCUT2D eigenvalue weighted by Gasteiger charge is 2.20. The average molecular weight is 317 g/mol. The Morgan fingerprint density at radius 3 is 2.43 bits per heavy atom. The number of anilines is 1. The second-order valence-corrected chi connectivity index (χ2v) is 6.62. The molecule has 2 amide bonds. The minimum absolute atomic E-state index is 0.0400. The normalized spacial score (nSPS) is 17.6. The van der Waals surface area contributed by atoms with Crippen LogP contribution < -0.4 is 16.4 Å². The summed E-state index contributed by atoms with van der Waals surface area (Å²) in [5, 5.41) is 5.95. The number of hydrogen-bond acceptors (Lipinski definition) is 3. The second-order valence-electron chi connectivity index (χ2n) is 6.62. The lowest BCUT2D eigenvalue weighted by molar-refractivity contribution is -0.119. The number of carbonyl (C=O) groups is 2. The maximum absolute atomic E-state index is 12.3. The van der Waals surface area contributed by atoms with Gasteiger partial charge in [-0.1, -0.05) is 19.8 Å². The van der Waals surface area contributed by atoms with Gasteiger partial charge in [0.25, 0.3) is 5.91 Å². The van der Waals surface area contributed by atoms with Gasteiger partial charge in [0, 0.05) is 23.3 Å². The predicted octanol–water partition coefficient (Wildman–Crippen LogP) is 2.59. The van der Waals surface area contributed by atoms with Crippen molar-refractivity contribution in [1.29, 1.82) is 0 Å². The fraction of sp³-hybridized carbons (Fsp3) is 0.556. The van der Waals surface area contributed by atoms with Crippen molar-refractivity contribution in [3.8, 4) is 0 Å². The van der Waals surface area contributed by atoms with Crippen LogP contribution in [0.3, 0.4) is 0 Å². The quantitative estimate of drug-likeness (QED) is 0.780. The van der Waals surface area contributed by atoms with Crippen LogP contribution in [0, 0.1) is 12.8 Å². The van der Waals surface area contributed by atoms with Gasteiger partial charge in [-0.2, -0.15) is 0 Å². The summed E-state index contributed by atoms with van der Waals surface area (Å²) in [6, 6.07) is 5.45. The second kappa shape index (κ2) is 7.59. The molecule has 2 rings (SSSR count). The van der Waals surface area contributed by atoms with Gasteiger partial charge in [0.05, 0.1) is 5.92 Å². The van der Waals surface area contributed by atoms with Crippen LogP contribution in [0.2, 0.25) is 0 Å². The first-order valence-corrected chi connectivity index (χ1v) is 8.36. The third-order valence-electron chi connectivity index (χ3n) is 4.64. The van der Waals surface area contributed by atoms with E-state index in [4.69, 9.17) is 5.73 Å². The zero-order valence-electron chi connectivity index (χ0n) is 14.2. The van der Waals surface area contributed by atoms with Gasteiger partial charge in [0.15, 0.2) is 0 Å². The lowest BCUT2D eigenvalue weighted by Crippen LogP contribution is -2.34. The molecule has 0 heterocycles. The molecule has 1 aromatic carbocycles. The Labute approximate surface area is 138 Å². The van der Waals surface area contributed by atoms with E-state index in [-0.39, 0.29) is 23.8 Å². The van der Waals surface area contributed by atoms with Crippen LogP contribution in [0.1, 0.15) is 55.5 Å². The highest BCUT2D eigenvalue weighted by molar-refractivity contribution is 5.97. The first kappa shape index (κ1) is 17.5. The van der Waals surface area contributed by atoms with Crippen LogP contribution in [-0.4, -0.2) is 23.9 Å². The van der Waals surface area contributed by atoms with E-state index in [1.807, 2.05) is 19.9 Å². The van der Waals surface area contributed by atoms with E-state index in [1.54, 1.807) is 19.1 Å². The van der Waals surface area contributed by atoms with Gasteiger partial charge < -0.3 is 16.4 Å². The van der Waals surface area contributed by atoms with E-state index in [0.29, 0.717) is 11.6 Å². The van der Waals surface area contributed by atoms with E-state index in [2.05, 4.69) is 10.6 Å². The number of hydrogen-bond donors (Lipinski definition) is 3. The summed E-state index contributed by atoms with van der Waals surface area (Å²) < 4.78 is 0. The van der Waals surface area contributed by atoms with Gasteiger partial charge in [0.2, 0.25) is 5.91 Å². The molecule has 1 aliphatic rings. The van der Waals surface area contributed by atoms with Crippen LogP contribution in [0.25, 0.3) is 0 Å². The van der Waals surface area contributed by atoms with Crippen molar-refractivity contribution in [2.45, 2.75) is 58.5 Å². The molecule has 0 saturated heterocycles. The molecule has 1 fully saturated rings. The van der Waals surface area contributed by atoms with Crippen LogP contribution in [0.5, 0.6) is 0 Å². The first-order chi connectivity index (χ1) is 10.9. The van der Waals surface area contributed by atoms with Gasteiger partial charge in [-0.3, -0.25) is 9.59 Å². The molecule has 0 radical (unpaired) electrons. The van der Waals surface area contributed by atoms with Gasteiger partial charge in [0.1, 0.15) is 0 Å². The summed E-state index contributed by atoms with van der Waals surface area (Å²) >= 11 is 0. The average Bonchev–Trinajstić information content (AvgIpc) is 3.01. The maximum atomic E-state index is 12.3. The maximum Gasteiger partial charge on any atom is 0.251 e. The molecule has 0 aliphatic heterocycles. The molecule has 0 bridgehead atoms. The molecule has 5 nitrogen and oxygen atoms in total. The van der Waals surface area contributed by atoms with Crippen LogP contribution in [0.15, 0.2) is 18.2 Å². The SMILES string of the molecule is Cc1cc(C(=O)NC2CCCC2)ccc1NC(=O)C(C)C(C)N. The minimum Gasteiger partial charge on any atom is -0.349 e. The molecule has 1 saturated carbocycles. The minimum atomic E-state index is -0.264. The lowest BCUT2D eigenvalue weighted by atomic mass is 10.0. The summed E-state index contributed by atoms with van der Waals surface area (Å²) in [6.45, 7) is 5.50. The molecule has 2 unspecified atom stereocenters. The lowest BCUT2D eigenvalue weighted by Gasteiger charge is -2.17. The smallest absolute Gasteiger partial charge is 0.251 e. The molecule has 1 aliphatic carbocycles. The zero-order chi connectivity index (χ0) is 17.0. The number of nitrogens with two attached hydrogens (primary N) is 1. The monoisotopic (exact) mass is 317 g/mol. The number of nitrogens with one attached hydrogen (secondary N) is 2. The Morgan fingerprint density at radius 1 is 1.22 bits per heavy atom. The Kier molecular flexibility index (Phi) is 5.77. The number of carbonyl (C=O) groups excluding carboxylic acids is 2. The van der Waals surface area contributed by atoms with Crippen molar-refractivity contribution in [1.82, 2.24) is 5.32 Å². The topological polar surface area (TPSA) is 84.2 Å². The molecule has 0 aromatic heterocycles.